The molecule has 250 valence electrons. The number of carbonyl (C=O) groups is 2. The van der Waals surface area contributed by atoms with Gasteiger partial charge in [0.2, 0.25) is 11.8 Å². The van der Waals surface area contributed by atoms with Gasteiger partial charge in [-0.25, -0.2) is 18.3 Å². The SMILES string of the molecule is C[C@H]1CN(c2nc3nc([C@@H](NC(=O)c4ccnn4C)[C@@H]4CCCC(F)(F)C4)cn3nc2C[C@H]2C[C@H](C(F)(F)F)CNC2=O)CCO1. The number of carbonyl (C=O) groups excluding carboxylic acids is 2. The van der Waals surface area contributed by atoms with E-state index >= 15 is 0 Å². The summed E-state index contributed by atoms with van der Waals surface area (Å²) in [6, 6.07) is 0.602. The molecule has 17 heteroatoms. The molecule has 2 saturated heterocycles. The van der Waals surface area contributed by atoms with E-state index in [0.29, 0.717) is 37.6 Å². The summed E-state index contributed by atoms with van der Waals surface area (Å²) >= 11 is 0. The minimum absolute atomic E-state index is 0.106. The Morgan fingerprint density at radius 3 is 2.78 bits per heavy atom. The summed E-state index contributed by atoms with van der Waals surface area (Å²) in [4.78, 5) is 37.3. The van der Waals surface area contributed by atoms with E-state index in [2.05, 4.69) is 25.8 Å². The van der Waals surface area contributed by atoms with Crippen LogP contribution in [0.25, 0.3) is 5.78 Å². The van der Waals surface area contributed by atoms with Crippen molar-refractivity contribution in [2.45, 2.75) is 69.7 Å². The van der Waals surface area contributed by atoms with Crippen molar-refractivity contribution >= 4 is 23.4 Å². The molecule has 0 bridgehead atoms. The van der Waals surface area contributed by atoms with Crippen LogP contribution in [0.5, 0.6) is 0 Å². The average molecular weight is 654 g/mol. The monoisotopic (exact) mass is 653 g/mol. The lowest BCUT2D eigenvalue weighted by Crippen LogP contribution is -2.47. The summed E-state index contributed by atoms with van der Waals surface area (Å²) in [5.74, 6) is -6.75. The van der Waals surface area contributed by atoms with Crippen LogP contribution < -0.4 is 15.5 Å². The first-order chi connectivity index (χ1) is 21.8. The van der Waals surface area contributed by atoms with Gasteiger partial charge in [0.15, 0.2) is 5.82 Å². The van der Waals surface area contributed by atoms with E-state index in [4.69, 9.17) is 9.72 Å². The van der Waals surface area contributed by atoms with Crippen molar-refractivity contribution in [1.29, 1.82) is 0 Å². The molecule has 1 saturated carbocycles. The highest BCUT2D eigenvalue weighted by Crippen LogP contribution is 2.42. The van der Waals surface area contributed by atoms with E-state index in [1.165, 1.54) is 27.7 Å². The fraction of sp³-hybridized carbons (Fsp3) is 0.655. The van der Waals surface area contributed by atoms with Gasteiger partial charge >= 0.3 is 6.18 Å². The molecule has 12 nitrogen and oxygen atoms in total. The number of piperidine rings is 1. The largest absolute Gasteiger partial charge is 0.393 e. The highest BCUT2D eigenvalue weighted by Gasteiger charge is 2.45. The van der Waals surface area contributed by atoms with E-state index in [1.54, 1.807) is 7.05 Å². The van der Waals surface area contributed by atoms with Gasteiger partial charge in [-0.15, -0.1) is 0 Å². The molecule has 3 aliphatic rings. The first-order valence-corrected chi connectivity index (χ1v) is 15.4. The number of fused-ring (bicyclic) bond motifs is 1. The molecule has 2 aliphatic heterocycles. The zero-order chi connectivity index (χ0) is 32.8. The number of hydrogen-bond acceptors (Lipinski definition) is 8. The topological polar surface area (TPSA) is 132 Å². The molecule has 2 amide bonds. The number of aryl methyl sites for hydroxylation is 1. The lowest BCUT2D eigenvalue weighted by Gasteiger charge is -2.34. The van der Waals surface area contributed by atoms with Crippen LogP contribution in [0.3, 0.4) is 0 Å². The lowest BCUT2D eigenvalue weighted by atomic mass is 9.80. The summed E-state index contributed by atoms with van der Waals surface area (Å²) in [6.45, 7) is 2.63. The molecule has 2 N–H and O–H groups in total. The molecule has 5 atom stereocenters. The van der Waals surface area contributed by atoms with Crippen molar-refractivity contribution in [1.82, 2.24) is 40.0 Å². The maximum Gasteiger partial charge on any atom is 0.393 e. The van der Waals surface area contributed by atoms with Crippen LogP contribution in [0.2, 0.25) is 0 Å². The van der Waals surface area contributed by atoms with Gasteiger partial charge in [0.05, 0.1) is 36.6 Å². The van der Waals surface area contributed by atoms with E-state index in [0.717, 1.165) is 0 Å². The summed E-state index contributed by atoms with van der Waals surface area (Å²) in [7, 11) is 1.59. The van der Waals surface area contributed by atoms with Crippen molar-refractivity contribution in [2.75, 3.05) is 31.1 Å². The van der Waals surface area contributed by atoms with E-state index in [1.807, 2.05) is 11.8 Å². The van der Waals surface area contributed by atoms with Crippen LogP contribution >= 0.6 is 0 Å². The molecule has 0 spiro atoms. The molecule has 3 aromatic rings. The van der Waals surface area contributed by atoms with Gasteiger partial charge < -0.3 is 20.3 Å². The predicted molar refractivity (Wildman–Crippen MR) is 153 cm³/mol. The number of halogens is 5. The zero-order valence-electron chi connectivity index (χ0n) is 25.4. The Hall–Kier alpha value is -3.89. The molecule has 6 rings (SSSR count). The molecule has 0 radical (unpaired) electrons. The number of morpholine rings is 1. The molecule has 3 aromatic heterocycles. The maximum absolute atomic E-state index is 14.6. The summed E-state index contributed by atoms with van der Waals surface area (Å²) in [5, 5.41) is 14.0. The molecule has 46 heavy (non-hydrogen) atoms. The van der Waals surface area contributed by atoms with Crippen LogP contribution in [0.1, 0.15) is 66.9 Å². The summed E-state index contributed by atoms with van der Waals surface area (Å²) in [6.07, 6.45) is -2.16. The summed E-state index contributed by atoms with van der Waals surface area (Å²) < 4.78 is 78.4. The number of anilines is 1. The number of alkyl halides is 5. The minimum atomic E-state index is -4.46. The van der Waals surface area contributed by atoms with E-state index < -0.39 is 60.7 Å². The second kappa shape index (κ2) is 12.4. The predicted octanol–water partition coefficient (Wildman–Crippen LogP) is 3.24. The van der Waals surface area contributed by atoms with Crippen molar-refractivity contribution in [2.24, 2.45) is 24.8 Å². The second-order valence-corrected chi connectivity index (χ2v) is 12.5. The van der Waals surface area contributed by atoms with Crippen molar-refractivity contribution in [3.8, 4) is 0 Å². The van der Waals surface area contributed by atoms with E-state index in [9.17, 15) is 31.5 Å². The van der Waals surface area contributed by atoms with Gasteiger partial charge in [0.25, 0.3) is 11.7 Å². The number of nitrogens with zero attached hydrogens (tertiary/aromatic N) is 7. The van der Waals surface area contributed by atoms with Gasteiger partial charge in [0, 0.05) is 58.1 Å². The molecular weight excluding hydrogens is 617 g/mol. The lowest BCUT2D eigenvalue weighted by molar-refractivity contribution is -0.183. The van der Waals surface area contributed by atoms with Crippen molar-refractivity contribution in [3.63, 3.8) is 0 Å². The number of rotatable bonds is 7. The first kappa shape index (κ1) is 32.1. The van der Waals surface area contributed by atoms with Crippen molar-refractivity contribution in [3.05, 3.63) is 35.5 Å². The first-order valence-electron chi connectivity index (χ1n) is 15.4. The highest BCUT2D eigenvalue weighted by molar-refractivity contribution is 5.92. The molecule has 5 heterocycles. The van der Waals surface area contributed by atoms with Crippen molar-refractivity contribution < 1.29 is 36.3 Å². The Bertz CT molecular complexity index is 1590. The average Bonchev–Trinajstić information content (AvgIpc) is 3.61. The Balaban J connectivity index is 1.38. The molecule has 0 aromatic carbocycles. The number of aromatic nitrogens is 6. The molecule has 0 unspecified atom stereocenters. The maximum atomic E-state index is 14.6. The van der Waals surface area contributed by atoms with Gasteiger partial charge in [-0.2, -0.15) is 28.4 Å². The number of hydrogen-bond donors (Lipinski definition) is 2. The third kappa shape index (κ3) is 6.78. The standard InChI is InChI=1S/C29H36F5N9O3/c1-16-14-42(8-9-46-16)24-20(11-18-10-19(29(32,33)34)13-35-25(18)44)40-43-15-21(37-27(43)39-24)23(17-4-3-6-28(30,31)12-17)38-26(45)22-5-7-36-41(22)2/h5,7,15-19,23H,3-4,6,8-14H2,1-2H3,(H,35,44)(H,38,45)/t16-,17+,18+,19-,23-/m0/s1. The van der Waals surface area contributed by atoms with Crippen LogP contribution in [-0.2, 0) is 23.0 Å². The van der Waals surface area contributed by atoms with Crippen LogP contribution in [0.15, 0.2) is 18.5 Å². The van der Waals surface area contributed by atoms with Gasteiger partial charge in [-0.05, 0) is 38.2 Å². The Labute approximate surface area is 261 Å². The third-order valence-corrected chi connectivity index (χ3v) is 9.10. The third-order valence-electron chi connectivity index (χ3n) is 9.10. The fourth-order valence-electron chi connectivity index (χ4n) is 6.71. The smallest absolute Gasteiger partial charge is 0.375 e. The number of amides is 2. The quantitative estimate of drug-likeness (QED) is 0.372. The van der Waals surface area contributed by atoms with Crippen LogP contribution in [0.4, 0.5) is 27.8 Å². The Kier molecular flexibility index (Phi) is 8.63. The normalized spacial score (nSPS) is 26.2. The Morgan fingerprint density at radius 2 is 2.09 bits per heavy atom. The van der Waals surface area contributed by atoms with Gasteiger partial charge in [0.1, 0.15) is 11.4 Å². The van der Waals surface area contributed by atoms with Gasteiger partial charge in [-0.3, -0.25) is 14.3 Å². The summed E-state index contributed by atoms with van der Waals surface area (Å²) in [5.41, 5.74) is 0.805. The highest BCUT2D eigenvalue weighted by atomic mass is 19.4. The Morgan fingerprint density at radius 1 is 1.28 bits per heavy atom. The van der Waals surface area contributed by atoms with E-state index in [-0.39, 0.29) is 49.0 Å². The molecule has 3 fully saturated rings. The van der Waals surface area contributed by atoms with Crippen LogP contribution in [0, 0.1) is 17.8 Å². The molecule has 1 aliphatic carbocycles. The second-order valence-electron chi connectivity index (χ2n) is 12.5. The minimum Gasteiger partial charge on any atom is -0.375 e. The molecular formula is C29H36F5N9O3. The fourth-order valence-corrected chi connectivity index (χ4v) is 6.71. The zero-order valence-corrected chi connectivity index (χ0v) is 25.4. The van der Waals surface area contributed by atoms with Crippen LogP contribution in [-0.4, -0.2) is 85.6 Å². The number of imidazole rings is 1. The number of nitrogens with one attached hydrogen (secondary N) is 2. The number of ether oxygens (including phenoxy) is 1. The van der Waals surface area contributed by atoms with Gasteiger partial charge in [-0.1, -0.05) is 0 Å².